The van der Waals surface area contributed by atoms with Crippen LogP contribution in [0.2, 0.25) is 5.15 Å². The van der Waals surface area contributed by atoms with Crippen molar-refractivity contribution >= 4 is 17.4 Å². The molecule has 1 aliphatic rings. The summed E-state index contributed by atoms with van der Waals surface area (Å²) in [4.78, 5) is 4.11. The zero-order valence-corrected chi connectivity index (χ0v) is 9.25. The molecule has 1 aromatic rings. The molecule has 1 saturated carbocycles. The van der Waals surface area contributed by atoms with Crippen molar-refractivity contribution in [2.45, 2.75) is 13.3 Å². The fourth-order valence-corrected chi connectivity index (χ4v) is 1.78. The molecule has 2 rings (SSSR count). The maximum absolute atomic E-state index is 8.75. The largest absolute Gasteiger partial charge is 0.370 e. The fourth-order valence-electron chi connectivity index (χ4n) is 1.57. The van der Waals surface area contributed by atoms with Crippen molar-refractivity contribution in [3.8, 4) is 6.07 Å². The van der Waals surface area contributed by atoms with Gasteiger partial charge in [0.2, 0.25) is 0 Å². The third kappa shape index (κ3) is 2.60. The van der Waals surface area contributed by atoms with Crippen molar-refractivity contribution in [1.82, 2.24) is 4.98 Å². The Morgan fingerprint density at radius 1 is 1.67 bits per heavy atom. The van der Waals surface area contributed by atoms with Crippen molar-refractivity contribution in [2.75, 3.05) is 11.9 Å². The summed E-state index contributed by atoms with van der Waals surface area (Å²) in [6.07, 6.45) is 1.28. The quantitative estimate of drug-likeness (QED) is 0.799. The minimum absolute atomic E-state index is 0.361. The summed E-state index contributed by atoms with van der Waals surface area (Å²) < 4.78 is 0. The molecule has 1 N–H and O–H groups in total. The van der Waals surface area contributed by atoms with Gasteiger partial charge in [-0.05, 0) is 30.4 Å². The van der Waals surface area contributed by atoms with Crippen LogP contribution in [0.1, 0.15) is 18.9 Å². The van der Waals surface area contributed by atoms with Crippen molar-refractivity contribution < 1.29 is 0 Å². The first-order valence-electron chi connectivity index (χ1n) is 5.00. The molecule has 1 aliphatic carbocycles. The Bertz CT molecular complexity index is 411. The molecule has 3 nitrogen and oxygen atoms in total. The van der Waals surface area contributed by atoms with Crippen molar-refractivity contribution in [2.24, 2.45) is 11.8 Å². The minimum Gasteiger partial charge on any atom is -0.370 e. The molecule has 1 aromatic heterocycles. The average molecular weight is 222 g/mol. The maximum Gasteiger partial charge on any atom is 0.132 e. The van der Waals surface area contributed by atoms with E-state index >= 15 is 0 Å². The molecular formula is C11H12ClN3. The Hall–Kier alpha value is -1.27. The Morgan fingerprint density at radius 2 is 2.40 bits per heavy atom. The predicted octanol–water partition coefficient (Wildman–Crippen LogP) is 2.67. The number of pyridine rings is 1. The van der Waals surface area contributed by atoms with Crippen LogP contribution >= 0.6 is 11.6 Å². The topological polar surface area (TPSA) is 48.7 Å². The van der Waals surface area contributed by atoms with Gasteiger partial charge in [-0.1, -0.05) is 18.5 Å². The first-order chi connectivity index (χ1) is 7.19. The smallest absolute Gasteiger partial charge is 0.132 e. The summed E-state index contributed by atoms with van der Waals surface area (Å²) in [6.45, 7) is 3.15. The van der Waals surface area contributed by atoms with Crippen LogP contribution in [-0.2, 0) is 0 Å². The molecule has 0 amide bonds. The molecule has 4 heteroatoms. The van der Waals surface area contributed by atoms with Crippen LogP contribution < -0.4 is 5.32 Å². The predicted molar refractivity (Wildman–Crippen MR) is 59.7 cm³/mol. The number of hydrogen-bond donors (Lipinski definition) is 1. The summed E-state index contributed by atoms with van der Waals surface area (Å²) in [5, 5.41) is 12.3. The van der Waals surface area contributed by atoms with E-state index in [0.717, 1.165) is 18.4 Å². The third-order valence-electron chi connectivity index (χ3n) is 2.74. The molecule has 0 aliphatic heterocycles. The van der Waals surface area contributed by atoms with Gasteiger partial charge in [0.25, 0.3) is 0 Å². The molecular weight excluding hydrogens is 210 g/mol. The van der Waals surface area contributed by atoms with Crippen LogP contribution in [0.4, 0.5) is 5.82 Å². The SMILES string of the molecule is CC1CC1CNc1cc(C#N)cc(Cl)n1. The Labute approximate surface area is 94.1 Å². The highest BCUT2D eigenvalue weighted by Crippen LogP contribution is 2.37. The number of rotatable bonds is 3. The van der Waals surface area contributed by atoms with Crippen LogP contribution in [0.3, 0.4) is 0 Å². The lowest BCUT2D eigenvalue weighted by atomic mass is 10.3. The van der Waals surface area contributed by atoms with E-state index in [4.69, 9.17) is 16.9 Å². The molecule has 1 heterocycles. The Morgan fingerprint density at radius 3 is 3.00 bits per heavy atom. The molecule has 15 heavy (non-hydrogen) atoms. The Kier molecular flexibility index (Phi) is 2.79. The molecule has 2 atom stereocenters. The molecule has 1 fully saturated rings. The van der Waals surface area contributed by atoms with Crippen molar-refractivity contribution in [3.63, 3.8) is 0 Å². The normalized spacial score (nSPS) is 23.3. The van der Waals surface area contributed by atoms with Gasteiger partial charge in [0.05, 0.1) is 11.6 Å². The van der Waals surface area contributed by atoms with E-state index in [9.17, 15) is 0 Å². The van der Waals surface area contributed by atoms with Gasteiger partial charge in [-0.3, -0.25) is 0 Å². The molecule has 0 saturated heterocycles. The van der Waals surface area contributed by atoms with Gasteiger partial charge < -0.3 is 5.32 Å². The number of halogens is 1. The highest BCUT2D eigenvalue weighted by Gasteiger charge is 2.31. The zero-order chi connectivity index (χ0) is 10.8. The molecule has 0 bridgehead atoms. The van der Waals surface area contributed by atoms with Gasteiger partial charge in [-0.25, -0.2) is 4.98 Å². The highest BCUT2D eigenvalue weighted by molar-refractivity contribution is 6.29. The second-order valence-corrected chi connectivity index (χ2v) is 4.42. The third-order valence-corrected chi connectivity index (χ3v) is 2.94. The van der Waals surface area contributed by atoms with Gasteiger partial charge in [0.15, 0.2) is 0 Å². The van der Waals surface area contributed by atoms with Gasteiger partial charge >= 0.3 is 0 Å². The number of nitrogens with one attached hydrogen (secondary N) is 1. The lowest BCUT2D eigenvalue weighted by Gasteiger charge is -2.05. The minimum atomic E-state index is 0.361. The van der Waals surface area contributed by atoms with E-state index in [0.29, 0.717) is 16.5 Å². The van der Waals surface area contributed by atoms with Gasteiger partial charge in [-0.2, -0.15) is 5.26 Å². The van der Waals surface area contributed by atoms with E-state index in [2.05, 4.69) is 23.3 Å². The van der Waals surface area contributed by atoms with Crippen LogP contribution in [0.25, 0.3) is 0 Å². The average Bonchev–Trinajstić information content (AvgIpc) is 2.91. The monoisotopic (exact) mass is 221 g/mol. The van der Waals surface area contributed by atoms with E-state index in [1.165, 1.54) is 6.42 Å². The van der Waals surface area contributed by atoms with Gasteiger partial charge in [0, 0.05) is 6.54 Å². The Balaban J connectivity index is 2.01. The van der Waals surface area contributed by atoms with Crippen LogP contribution in [-0.4, -0.2) is 11.5 Å². The molecule has 2 unspecified atom stereocenters. The van der Waals surface area contributed by atoms with E-state index in [1.807, 2.05) is 0 Å². The number of nitrogens with zero attached hydrogens (tertiary/aromatic N) is 2. The first-order valence-corrected chi connectivity index (χ1v) is 5.38. The zero-order valence-electron chi connectivity index (χ0n) is 8.50. The van der Waals surface area contributed by atoms with Crippen LogP contribution in [0.15, 0.2) is 12.1 Å². The summed E-state index contributed by atoms with van der Waals surface area (Å²) in [5.74, 6) is 2.25. The first kappa shape index (κ1) is 10.3. The number of nitriles is 1. The second-order valence-electron chi connectivity index (χ2n) is 4.03. The summed E-state index contributed by atoms with van der Waals surface area (Å²) in [7, 11) is 0. The van der Waals surface area contributed by atoms with Crippen molar-refractivity contribution in [3.05, 3.63) is 22.8 Å². The fraction of sp³-hybridized carbons (Fsp3) is 0.455. The molecule has 0 radical (unpaired) electrons. The van der Waals surface area contributed by atoms with E-state index in [1.54, 1.807) is 12.1 Å². The maximum atomic E-state index is 8.75. The summed E-state index contributed by atoms with van der Waals surface area (Å²) in [5.41, 5.74) is 0.543. The number of hydrogen-bond acceptors (Lipinski definition) is 3. The lowest BCUT2D eigenvalue weighted by molar-refractivity contribution is 0.784. The standard InChI is InChI=1S/C11H12ClN3/c1-7-2-9(7)6-14-11-4-8(5-13)3-10(12)15-11/h3-4,7,9H,2,6H2,1H3,(H,14,15). The molecule has 0 spiro atoms. The van der Waals surface area contributed by atoms with E-state index in [-0.39, 0.29) is 0 Å². The van der Waals surface area contributed by atoms with Gasteiger partial charge in [-0.15, -0.1) is 0 Å². The molecule has 78 valence electrons. The number of anilines is 1. The summed E-state index contributed by atoms with van der Waals surface area (Å²) >= 11 is 5.79. The molecule has 0 aromatic carbocycles. The van der Waals surface area contributed by atoms with Crippen LogP contribution in [0, 0.1) is 23.2 Å². The van der Waals surface area contributed by atoms with Crippen LogP contribution in [0.5, 0.6) is 0 Å². The summed E-state index contributed by atoms with van der Waals surface area (Å²) in [6, 6.07) is 5.34. The van der Waals surface area contributed by atoms with Gasteiger partial charge in [0.1, 0.15) is 11.0 Å². The second kappa shape index (κ2) is 4.08. The number of aromatic nitrogens is 1. The highest BCUT2D eigenvalue weighted by atomic mass is 35.5. The lowest BCUT2D eigenvalue weighted by Crippen LogP contribution is -2.06. The van der Waals surface area contributed by atoms with E-state index < -0.39 is 0 Å². The van der Waals surface area contributed by atoms with Crippen molar-refractivity contribution in [1.29, 1.82) is 5.26 Å².